The zero-order chi connectivity index (χ0) is 25.4. The zero-order valence-electron chi connectivity index (χ0n) is 21.0. The molecule has 0 atom stereocenters. The highest BCUT2D eigenvalue weighted by Crippen LogP contribution is 2.51. The van der Waals surface area contributed by atoms with E-state index in [4.69, 9.17) is 4.98 Å². The van der Waals surface area contributed by atoms with Crippen LogP contribution in [0.3, 0.4) is 0 Å². The van der Waals surface area contributed by atoms with Crippen molar-refractivity contribution in [3.8, 4) is 11.8 Å². The van der Waals surface area contributed by atoms with Gasteiger partial charge in [-0.2, -0.15) is 10.2 Å². The molecule has 0 radical (unpaired) electrons. The molecule has 9 heteroatoms. The molecule has 0 bridgehead atoms. The van der Waals surface area contributed by atoms with Gasteiger partial charge in [-0.1, -0.05) is 6.07 Å². The van der Waals surface area contributed by atoms with E-state index in [-0.39, 0.29) is 11.6 Å². The first-order valence-corrected chi connectivity index (χ1v) is 12.9. The minimum atomic E-state index is -0.524. The Morgan fingerprint density at radius 2 is 1.97 bits per heavy atom. The highest BCUT2D eigenvalue weighted by Gasteiger charge is 2.47. The predicted octanol–water partition coefficient (Wildman–Crippen LogP) is 3.99. The molecule has 0 unspecified atom stereocenters. The van der Waals surface area contributed by atoms with Crippen molar-refractivity contribution in [3.63, 3.8) is 0 Å². The third kappa shape index (κ3) is 3.39. The van der Waals surface area contributed by atoms with E-state index in [1.807, 2.05) is 30.7 Å². The predicted molar refractivity (Wildman–Crippen MR) is 140 cm³/mol. The van der Waals surface area contributed by atoms with Crippen molar-refractivity contribution in [2.45, 2.75) is 62.9 Å². The van der Waals surface area contributed by atoms with Crippen molar-refractivity contribution < 1.29 is 0 Å². The van der Waals surface area contributed by atoms with Gasteiger partial charge in [-0.05, 0) is 74.9 Å². The number of nitrogens with one attached hydrogen (secondary N) is 2. The van der Waals surface area contributed by atoms with Crippen molar-refractivity contribution in [2.75, 3.05) is 11.9 Å². The van der Waals surface area contributed by atoms with Gasteiger partial charge in [0.1, 0.15) is 5.39 Å². The van der Waals surface area contributed by atoms with Crippen LogP contribution < -0.4 is 16.2 Å². The van der Waals surface area contributed by atoms with Crippen LogP contribution in [0.25, 0.3) is 16.7 Å². The fourth-order valence-electron chi connectivity index (χ4n) is 5.73. The van der Waals surface area contributed by atoms with Crippen molar-refractivity contribution >= 4 is 22.7 Å². The van der Waals surface area contributed by atoms with E-state index in [0.29, 0.717) is 22.4 Å². The molecule has 3 aromatic heterocycles. The van der Waals surface area contributed by atoms with Crippen LogP contribution in [0.2, 0.25) is 0 Å². The lowest BCUT2D eigenvalue weighted by Crippen LogP contribution is -2.33. The number of benzene rings is 1. The van der Waals surface area contributed by atoms with Gasteiger partial charge < -0.3 is 10.6 Å². The maximum Gasteiger partial charge on any atom is 0.278 e. The second-order valence-electron chi connectivity index (χ2n) is 11.0. The van der Waals surface area contributed by atoms with Gasteiger partial charge in [0.15, 0.2) is 5.65 Å². The molecule has 7 rings (SSSR count). The second-order valence-corrected chi connectivity index (χ2v) is 11.0. The van der Waals surface area contributed by atoms with E-state index in [0.717, 1.165) is 43.0 Å². The number of nitrogens with zero attached hydrogens (tertiary/aromatic N) is 6. The van der Waals surface area contributed by atoms with Crippen molar-refractivity contribution in [1.82, 2.24) is 29.6 Å². The van der Waals surface area contributed by atoms with Crippen molar-refractivity contribution in [2.24, 2.45) is 0 Å². The molecule has 2 fully saturated rings. The third-order valence-electron chi connectivity index (χ3n) is 8.12. The summed E-state index contributed by atoms with van der Waals surface area (Å²) < 4.78 is 3.52. The Labute approximate surface area is 214 Å². The topological polar surface area (TPSA) is 113 Å². The lowest BCUT2D eigenvalue weighted by molar-refractivity contribution is 0.475. The molecular formula is C28H28N8O. The van der Waals surface area contributed by atoms with Crippen LogP contribution in [0.4, 0.5) is 11.6 Å². The average Bonchev–Trinajstić information content (AvgIpc) is 3.83. The molecule has 2 aliphatic carbocycles. The summed E-state index contributed by atoms with van der Waals surface area (Å²) in [5, 5.41) is 17.0. The summed E-state index contributed by atoms with van der Waals surface area (Å²) in [4.78, 5) is 27.2. The van der Waals surface area contributed by atoms with Crippen molar-refractivity contribution in [1.29, 1.82) is 5.26 Å². The summed E-state index contributed by atoms with van der Waals surface area (Å²) in [6.45, 7) is 5.86. The molecule has 2 N–H and O–H groups in total. The molecule has 3 aliphatic rings. The molecule has 37 heavy (non-hydrogen) atoms. The lowest BCUT2D eigenvalue weighted by atomic mass is 9.88. The van der Waals surface area contributed by atoms with Gasteiger partial charge in [0.05, 0.1) is 22.9 Å². The molecule has 9 nitrogen and oxygen atoms in total. The number of aromatic nitrogens is 5. The molecule has 0 saturated heterocycles. The van der Waals surface area contributed by atoms with Gasteiger partial charge in [0.25, 0.3) is 5.56 Å². The lowest BCUT2D eigenvalue weighted by Gasteiger charge is -2.26. The smallest absolute Gasteiger partial charge is 0.278 e. The summed E-state index contributed by atoms with van der Waals surface area (Å²) in [7, 11) is 0. The highest BCUT2D eigenvalue weighted by atomic mass is 16.1. The van der Waals surface area contributed by atoms with Crippen molar-refractivity contribution in [3.05, 3.63) is 69.9 Å². The minimum absolute atomic E-state index is 0.108. The third-order valence-corrected chi connectivity index (χ3v) is 8.12. The quantitative estimate of drug-likeness (QED) is 0.433. The summed E-state index contributed by atoms with van der Waals surface area (Å²) in [6.07, 6.45) is 7.40. The first-order chi connectivity index (χ1) is 17.9. The Bertz CT molecular complexity index is 1670. The molecule has 2 saturated carbocycles. The number of pyridine rings is 1. The second kappa shape index (κ2) is 7.73. The summed E-state index contributed by atoms with van der Waals surface area (Å²) in [5.41, 5.74) is 5.36. The molecule has 4 heterocycles. The molecular weight excluding hydrogens is 464 g/mol. The average molecular weight is 493 g/mol. The van der Waals surface area contributed by atoms with Crippen LogP contribution in [0.15, 0.2) is 47.5 Å². The number of fused-ring (bicyclic) bond motifs is 3. The summed E-state index contributed by atoms with van der Waals surface area (Å²) >= 11 is 0. The number of rotatable bonds is 5. The van der Waals surface area contributed by atoms with Gasteiger partial charge in [-0.25, -0.2) is 14.3 Å². The molecule has 1 aromatic carbocycles. The Morgan fingerprint density at radius 1 is 1.14 bits per heavy atom. The Morgan fingerprint density at radius 3 is 2.70 bits per heavy atom. The SMILES string of the molecule is CC(C)n1c(=O)c2cnc(Nc3ccc4c(c3)CNCC43CC3)nc2n1-c1ccnc(C2(C#N)CC2)c1. The normalized spacial score (nSPS) is 18.5. The van der Waals surface area contributed by atoms with E-state index in [9.17, 15) is 10.1 Å². The van der Waals surface area contributed by atoms with E-state index in [1.165, 1.54) is 24.0 Å². The molecule has 4 aromatic rings. The summed E-state index contributed by atoms with van der Waals surface area (Å²) in [6, 6.07) is 12.6. The molecule has 1 aliphatic heterocycles. The fourth-order valence-corrected chi connectivity index (χ4v) is 5.73. The molecule has 0 amide bonds. The van der Waals surface area contributed by atoms with E-state index >= 15 is 0 Å². The zero-order valence-corrected chi connectivity index (χ0v) is 21.0. The number of anilines is 2. The van der Waals surface area contributed by atoms with Crippen LogP contribution in [0, 0.1) is 11.3 Å². The Balaban J connectivity index is 1.32. The van der Waals surface area contributed by atoms with Crippen LogP contribution >= 0.6 is 0 Å². The van der Waals surface area contributed by atoms with E-state index in [2.05, 4.69) is 44.9 Å². The van der Waals surface area contributed by atoms with Crippen LogP contribution in [-0.4, -0.2) is 30.9 Å². The van der Waals surface area contributed by atoms with Gasteiger partial charge >= 0.3 is 0 Å². The van der Waals surface area contributed by atoms with Gasteiger partial charge in [0, 0.05) is 42.6 Å². The number of hydrogen-bond acceptors (Lipinski definition) is 7. The first kappa shape index (κ1) is 22.2. The Kier molecular flexibility index (Phi) is 4.64. The monoisotopic (exact) mass is 492 g/mol. The highest BCUT2D eigenvalue weighted by molar-refractivity contribution is 5.77. The molecule has 1 spiro atoms. The standard InChI is InChI=1S/C28H28N8O/c1-17(2)35-25(37)21-14-32-26(33-19-3-4-22-18(11-19)13-30-16-28(22)8-9-28)34-24(21)36(35)20-5-10-31-23(12-20)27(15-29)6-7-27/h3-5,10-12,14,17,30H,6-9,13,16H2,1-2H3,(H,32,33,34). The number of nitriles is 1. The van der Waals surface area contributed by atoms with E-state index < -0.39 is 5.41 Å². The fraction of sp³-hybridized carbons (Fsp3) is 0.393. The maximum absolute atomic E-state index is 13.4. The van der Waals surface area contributed by atoms with E-state index in [1.54, 1.807) is 17.1 Å². The minimum Gasteiger partial charge on any atom is -0.324 e. The van der Waals surface area contributed by atoms with Gasteiger partial charge in [-0.3, -0.25) is 9.78 Å². The van der Waals surface area contributed by atoms with Gasteiger partial charge in [0.2, 0.25) is 5.95 Å². The molecule has 186 valence electrons. The van der Waals surface area contributed by atoms with Gasteiger partial charge in [-0.15, -0.1) is 0 Å². The van der Waals surface area contributed by atoms with Crippen LogP contribution in [-0.2, 0) is 17.4 Å². The van der Waals surface area contributed by atoms with Crippen LogP contribution in [0.1, 0.15) is 62.4 Å². The van der Waals surface area contributed by atoms with Crippen LogP contribution in [0.5, 0.6) is 0 Å². The Hall–Kier alpha value is -4.03. The largest absolute Gasteiger partial charge is 0.324 e. The summed E-state index contributed by atoms with van der Waals surface area (Å²) in [5.74, 6) is 0.428. The first-order valence-electron chi connectivity index (χ1n) is 12.9. The number of hydrogen-bond donors (Lipinski definition) is 2. The maximum atomic E-state index is 13.4.